The van der Waals surface area contributed by atoms with Crippen LogP contribution in [-0.2, 0) is 12.0 Å². The van der Waals surface area contributed by atoms with Crippen molar-refractivity contribution >= 4 is 29.0 Å². The Bertz CT molecular complexity index is 1030. The van der Waals surface area contributed by atoms with Gasteiger partial charge in [-0.05, 0) is 24.3 Å². The molecule has 142 valence electrons. The smallest absolute Gasteiger partial charge is 0.252 e. The highest BCUT2D eigenvalue weighted by molar-refractivity contribution is 7.99. The molecule has 1 amide bonds. The molecule has 0 radical (unpaired) electrons. The molecule has 4 nitrogen and oxygen atoms in total. The third-order valence-corrected chi connectivity index (χ3v) is 6.08. The van der Waals surface area contributed by atoms with Crippen molar-refractivity contribution in [1.82, 2.24) is 10.3 Å². The van der Waals surface area contributed by atoms with Crippen LogP contribution in [0.5, 0.6) is 0 Å². The van der Waals surface area contributed by atoms with E-state index in [1.165, 1.54) is 11.8 Å². The van der Waals surface area contributed by atoms with E-state index in [0.29, 0.717) is 17.7 Å². The van der Waals surface area contributed by atoms with Crippen LogP contribution in [0.2, 0.25) is 0 Å². The average molecular weight is 408 g/mol. The Hall–Kier alpha value is -2.62. The molecule has 1 N–H and O–H groups in total. The largest absolute Gasteiger partial charge is 0.345 e. The fraction of sp³-hybridized carbons (Fsp3) is 0.227. The number of benzene rings is 2. The molecule has 3 aromatic rings. The Labute approximate surface area is 173 Å². The molecule has 1 heterocycles. The topological polar surface area (TPSA) is 65.8 Å². The first-order chi connectivity index (χ1) is 13.4. The van der Waals surface area contributed by atoms with Crippen LogP contribution in [0.3, 0.4) is 0 Å². The van der Waals surface area contributed by atoms with Crippen molar-refractivity contribution < 1.29 is 4.79 Å². The first-order valence-corrected chi connectivity index (χ1v) is 10.6. The van der Waals surface area contributed by atoms with E-state index < -0.39 is 0 Å². The molecule has 0 bridgehead atoms. The number of thiazole rings is 1. The number of hydrogen-bond donors (Lipinski definition) is 1. The van der Waals surface area contributed by atoms with Crippen molar-refractivity contribution in [1.29, 1.82) is 5.26 Å². The van der Waals surface area contributed by atoms with Gasteiger partial charge in [0.1, 0.15) is 11.1 Å². The van der Waals surface area contributed by atoms with Gasteiger partial charge in [0.15, 0.2) is 0 Å². The first-order valence-electron chi connectivity index (χ1n) is 8.87. The Morgan fingerprint density at radius 2 is 1.82 bits per heavy atom. The minimum atomic E-state index is -0.148. The van der Waals surface area contributed by atoms with Crippen LogP contribution in [0.25, 0.3) is 0 Å². The van der Waals surface area contributed by atoms with Gasteiger partial charge in [0, 0.05) is 20.6 Å². The molecule has 1 aromatic heterocycles. The van der Waals surface area contributed by atoms with E-state index in [1.807, 2.05) is 41.8 Å². The van der Waals surface area contributed by atoms with Gasteiger partial charge in [-0.3, -0.25) is 4.79 Å². The Balaban J connectivity index is 1.74. The van der Waals surface area contributed by atoms with Gasteiger partial charge in [0.05, 0.1) is 23.4 Å². The Morgan fingerprint density at radius 1 is 1.14 bits per heavy atom. The number of hydrogen-bond acceptors (Lipinski definition) is 5. The molecule has 28 heavy (non-hydrogen) atoms. The van der Waals surface area contributed by atoms with Gasteiger partial charge in [-0.2, -0.15) is 5.26 Å². The molecule has 0 fully saturated rings. The number of rotatable bonds is 5. The van der Waals surface area contributed by atoms with Gasteiger partial charge in [0.25, 0.3) is 5.91 Å². The summed E-state index contributed by atoms with van der Waals surface area (Å²) in [7, 11) is 0. The molecule has 0 atom stereocenters. The number of carbonyl (C=O) groups is 1. The zero-order valence-electron chi connectivity index (χ0n) is 16.0. The average Bonchev–Trinajstić information content (AvgIpc) is 3.16. The van der Waals surface area contributed by atoms with Crippen LogP contribution < -0.4 is 5.32 Å². The highest BCUT2D eigenvalue weighted by Crippen LogP contribution is 2.32. The summed E-state index contributed by atoms with van der Waals surface area (Å²) in [5.74, 6) is -0.148. The second-order valence-corrected chi connectivity index (χ2v) is 9.29. The molecule has 0 saturated carbocycles. The number of nitrogens with zero attached hydrogens (tertiary/aromatic N) is 2. The first kappa shape index (κ1) is 20.1. The third-order valence-electron chi connectivity index (χ3n) is 4.08. The van der Waals surface area contributed by atoms with Gasteiger partial charge < -0.3 is 5.32 Å². The van der Waals surface area contributed by atoms with Crippen LogP contribution >= 0.6 is 23.1 Å². The SMILES string of the molecule is CC(C)(C)c1csc(CNC(=O)c2ccccc2Sc2ccccc2C#N)n1. The second-order valence-electron chi connectivity index (χ2n) is 7.27. The van der Waals surface area contributed by atoms with Gasteiger partial charge in [-0.1, -0.05) is 56.8 Å². The molecular formula is C22H21N3OS2. The van der Waals surface area contributed by atoms with E-state index in [1.54, 1.807) is 23.5 Å². The van der Waals surface area contributed by atoms with Crippen molar-refractivity contribution in [2.45, 2.75) is 42.5 Å². The van der Waals surface area contributed by atoms with Gasteiger partial charge >= 0.3 is 0 Å². The minimum Gasteiger partial charge on any atom is -0.345 e. The Morgan fingerprint density at radius 3 is 2.50 bits per heavy atom. The van der Waals surface area contributed by atoms with Crippen molar-refractivity contribution in [2.24, 2.45) is 0 Å². The highest BCUT2D eigenvalue weighted by Gasteiger charge is 2.18. The number of nitriles is 1. The summed E-state index contributed by atoms with van der Waals surface area (Å²) in [4.78, 5) is 19.0. The van der Waals surface area contributed by atoms with Crippen molar-refractivity contribution in [2.75, 3.05) is 0 Å². The number of amides is 1. The fourth-order valence-electron chi connectivity index (χ4n) is 2.50. The molecule has 0 unspecified atom stereocenters. The maximum Gasteiger partial charge on any atom is 0.252 e. The zero-order valence-corrected chi connectivity index (χ0v) is 17.7. The third kappa shape index (κ3) is 4.80. The second kappa shape index (κ2) is 8.59. The van der Waals surface area contributed by atoms with E-state index in [4.69, 9.17) is 0 Å². The van der Waals surface area contributed by atoms with Crippen molar-refractivity contribution in [3.05, 3.63) is 75.7 Å². The number of carbonyl (C=O) groups excluding carboxylic acids is 1. The summed E-state index contributed by atoms with van der Waals surface area (Å²) in [6.45, 7) is 6.76. The summed E-state index contributed by atoms with van der Waals surface area (Å²) in [5.41, 5.74) is 2.22. The monoisotopic (exact) mass is 407 g/mol. The lowest BCUT2D eigenvalue weighted by Crippen LogP contribution is -2.23. The van der Waals surface area contributed by atoms with Crippen LogP contribution in [0.15, 0.2) is 63.7 Å². The summed E-state index contributed by atoms with van der Waals surface area (Å²) < 4.78 is 0. The maximum absolute atomic E-state index is 12.8. The van der Waals surface area contributed by atoms with Crippen molar-refractivity contribution in [3.63, 3.8) is 0 Å². The van der Waals surface area contributed by atoms with Crippen LogP contribution in [0, 0.1) is 11.3 Å². The van der Waals surface area contributed by atoms with E-state index in [9.17, 15) is 10.1 Å². The molecule has 0 aliphatic rings. The highest BCUT2D eigenvalue weighted by atomic mass is 32.2. The Kier molecular flexibility index (Phi) is 6.18. The lowest BCUT2D eigenvalue weighted by molar-refractivity contribution is 0.0948. The van der Waals surface area contributed by atoms with E-state index in [-0.39, 0.29) is 11.3 Å². The molecule has 0 aliphatic heterocycles. The summed E-state index contributed by atoms with van der Waals surface area (Å²) in [6, 6.07) is 17.0. The predicted molar refractivity (Wildman–Crippen MR) is 114 cm³/mol. The lowest BCUT2D eigenvalue weighted by Gasteiger charge is -2.14. The van der Waals surface area contributed by atoms with Crippen LogP contribution in [0.1, 0.15) is 47.4 Å². The van der Waals surface area contributed by atoms with E-state index in [2.05, 4.69) is 37.1 Å². The number of nitrogens with one attached hydrogen (secondary N) is 1. The molecular weight excluding hydrogens is 386 g/mol. The molecule has 0 spiro atoms. The fourth-order valence-corrected chi connectivity index (χ4v) is 4.48. The summed E-state index contributed by atoms with van der Waals surface area (Å²) in [5, 5.41) is 15.2. The van der Waals surface area contributed by atoms with E-state index >= 15 is 0 Å². The molecule has 0 aliphatic carbocycles. The molecule has 2 aromatic carbocycles. The summed E-state index contributed by atoms with van der Waals surface area (Å²) >= 11 is 2.98. The maximum atomic E-state index is 12.8. The summed E-state index contributed by atoms with van der Waals surface area (Å²) in [6.07, 6.45) is 0. The van der Waals surface area contributed by atoms with Crippen LogP contribution in [0.4, 0.5) is 0 Å². The van der Waals surface area contributed by atoms with Crippen molar-refractivity contribution in [3.8, 4) is 6.07 Å². The standard InChI is InChI=1S/C22H21N3OS2/c1-22(2,3)19-14-27-20(25-19)13-24-21(26)16-9-5-7-11-18(16)28-17-10-6-4-8-15(17)12-23/h4-11,14H,13H2,1-3H3,(H,24,26). The molecule has 0 saturated heterocycles. The van der Waals surface area contributed by atoms with Gasteiger partial charge in [0.2, 0.25) is 0 Å². The number of aromatic nitrogens is 1. The quantitative estimate of drug-likeness (QED) is 0.615. The minimum absolute atomic E-state index is 0.00384. The molecule has 6 heteroatoms. The zero-order chi connectivity index (χ0) is 20.1. The lowest BCUT2D eigenvalue weighted by atomic mass is 9.93. The van der Waals surface area contributed by atoms with Gasteiger partial charge in [-0.25, -0.2) is 4.98 Å². The van der Waals surface area contributed by atoms with Crippen LogP contribution in [-0.4, -0.2) is 10.9 Å². The van der Waals surface area contributed by atoms with E-state index in [0.717, 1.165) is 20.5 Å². The van der Waals surface area contributed by atoms with Gasteiger partial charge in [-0.15, -0.1) is 11.3 Å². The predicted octanol–water partition coefficient (Wildman–Crippen LogP) is 5.39. The molecule has 3 rings (SSSR count). The normalized spacial score (nSPS) is 11.1.